The molecule has 0 bridgehead atoms. The third-order valence-electron chi connectivity index (χ3n) is 2.43. The minimum atomic E-state index is -0.844. The SMILES string of the molecule is CC(CCCNC(=O)c1c[nH]c(=O)cn1)C(=O)O. The summed E-state index contributed by atoms with van der Waals surface area (Å²) in [6.45, 7) is 1.99. The average molecular weight is 253 g/mol. The van der Waals surface area contributed by atoms with Gasteiger partial charge in [-0.25, -0.2) is 4.98 Å². The van der Waals surface area contributed by atoms with Crippen LogP contribution in [0.2, 0.25) is 0 Å². The third kappa shape index (κ3) is 4.36. The van der Waals surface area contributed by atoms with E-state index in [1.807, 2.05) is 0 Å². The lowest BCUT2D eigenvalue weighted by Gasteiger charge is -2.06. The highest BCUT2D eigenvalue weighted by Gasteiger charge is 2.11. The Balaban J connectivity index is 2.32. The number of nitrogens with one attached hydrogen (secondary N) is 2. The molecule has 98 valence electrons. The lowest BCUT2D eigenvalue weighted by molar-refractivity contribution is -0.141. The highest BCUT2D eigenvalue weighted by molar-refractivity contribution is 5.91. The van der Waals surface area contributed by atoms with Crippen LogP contribution in [-0.4, -0.2) is 33.5 Å². The maximum absolute atomic E-state index is 11.5. The first-order valence-electron chi connectivity index (χ1n) is 5.56. The molecule has 1 rings (SSSR count). The van der Waals surface area contributed by atoms with Crippen molar-refractivity contribution in [1.29, 1.82) is 0 Å². The van der Waals surface area contributed by atoms with Crippen molar-refractivity contribution in [2.45, 2.75) is 19.8 Å². The molecule has 0 aliphatic rings. The Kier molecular flexibility index (Phi) is 5.04. The fourth-order valence-electron chi connectivity index (χ4n) is 1.29. The second kappa shape index (κ2) is 6.53. The van der Waals surface area contributed by atoms with E-state index >= 15 is 0 Å². The second-order valence-electron chi connectivity index (χ2n) is 3.93. The zero-order valence-electron chi connectivity index (χ0n) is 9.97. The maximum Gasteiger partial charge on any atom is 0.306 e. The quantitative estimate of drug-likeness (QED) is 0.618. The molecular weight excluding hydrogens is 238 g/mol. The summed E-state index contributed by atoms with van der Waals surface area (Å²) in [5.74, 6) is -1.66. The van der Waals surface area contributed by atoms with Gasteiger partial charge in [-0.1, -0.05) is 6.92 Å². The number of aromatic nitrogens is 2. The van der Waals surface area contributed by atoms with Gasteiger partial charge < -0.3 is 15.4 Å². The normalized spacial score (nSPS) is 11.8. The Morgan fingerprint density at radius 2 is 2.28 bits per heavy atom. The number of carbonyl (C=O) groups excluding carboxylic acids is 1. The first-order chi connectivity index (χ1) is 8.50. The lowest BCUT2D eigenvalue weighted by atomic mass is 10.1. The maximum atomic E-state index is 11.5. The number of rotatable bonds is 6. The van der Waals surface area contributed by atoms with E-state index in [9.17, 15) is 14.4 Å². The van der Waals surface area contributed by atoms with E-state index in [1.54, 1.807) is 6.92 Å². The van der Waals surface area contributed by atoms with Crippen LogP contribution in [-0.2, 0) is 4.79 Å². The van der Waals surface area contributed by atoms with Gasteiger partial charge in [0.1, 0.15) is 5.69 Å². The molecule has 0 aliphatic carbocycles. The minimum absolute atomic E-state index is 0.126. The second-order valence-corrected chi connectivity index (χ2v) is 3.93. The molecule has 1 aromatic heterocycles. The standard InChI is InChI=1S/C11H15N3O4/c1-7(11(17)18)3-2-4-12-10(16)8-5-14-9(15)6-13-8/h5-7H,2-4H2,1H3,(H,12,16)(H,14,15)(H,17,18). The van der Waals surface area contributed by atoms with Crippen molar-refractivity contribution in [1.82, 2.24) is 15.3 Å². The predicted octanol–water partition coefficient (Wildman–Crippen LogP) is 0.000600. The fourth-order valence-corrected chi connectivity index (χ4v) is 1.29. The Morgan fingerprint density at radius 3 is 2.83 bits per heavy atom. The minimum Gasteiger partial charge on any atom is -0.481 e. The number of carbonyl (C=O) groups is 2. The molecule has 0 fully saturated rings. The fraction of sp³-hybridized carbons (Fsp3) is 0.455. The van der Waals surface area contributed by atoms with Crippen LogP contribution in [0.5, 0.6) is 0 Å². The van der Waals surface area contributed by atoms with Crippen molar-refractivity contribution >= 4 is 11.9 Å². The van der Waals surface area contributed by atoms with Crippen molar-refractivity contribution in [3.8, 4) is 0 Å². The number of carboxylic acid groups (broad SMARTS) is 1. The average Bonchev–Trinajstić information content (AvgIpc) is 2.34. The number of aromatic amines is 1. The van der Waals surface area contributed by atoms with Gasteiger partial charge in [-0.05, 0) is 12.8 Å². The molecule has 18 heavy (non-hydrogen) atoms. The number of H-pyrrole nitrogens is 1. The summed E-state index contributed by atoms with van der Waals surface area (Å²) < 4.78 is 0. The van der Waals surface area contributed by atoms with Crippen molar-refractivity contribution < 1.29 is 14.7 Å². The van der Waals surface area contributed by atoms with Gasteiger partial charge in [-0.15, -0.1) is 0 Å². The summed E-state index contributed by atoms with van der Waals surface area (Å²) in [6.07, 6.45) is 3.33. The molecule has 1 amide bonds. The lowest BCUT2D eigenvalue weighted by Crippen LogP contribution is -2.27. The number of amides is 1. The molecule has 0 aromatic carbocycles. The van der Waals surface area contributed by atoms with E-state index in [2.05, 4.69) is 15.3 Å². The summed E-state index contributed by atoms with van der Waals surface area (Å²) in [4.78, 5) is 38.8. The smallest absolute Gasteiger partial charge is 0.306 e. The topological polar surface area (TPSA) is 112 Å². The molecule has 0 saturated heterocycles. The van der Waals surface area contributed by atoms with Crippen molar-refractivity contribution in [2.75, 3.05) is 6.54 Å². The molecule has 0 spiro atoms. The molecule has 1 unspecified atom stereocenters. The molecule has 0 radical (unpaired) electrons. The molecule has 1 heterocycles. The number of hydrogen-bond acceptors (Lipinski definition) is 4. The molecule has 0 aliphatic heterocycles. The first-order valence-corrected chi connectivity index (χ1v) is 5.56. The van der Waals surface area contributed by atoms with Crippen LogP contribution in [0, 0.1) is 5.92 Å². The van der Waals surface area contributed by atoms with Gasteiger partial charge in [0, 0.05) is 12.7 Å². The van der Waals surface area contributed by atoms with E-state index in [4.69, 9.17) is 5.11 Å². The third-order valence-corrected chi connectivity index (χ3v) is 2.43. The van der Waals surface area contributed by atoms with E-state index in [0.29, 0.717) is 19.4 Å². The molecule has 3 N–H and O–H groups in total. The van der Waals surface area contributed by atoms with E-state index in [-0.39, 0.29) is 11.3 Å². The van der Waals surface area contributed by atoms with Gasteiger partial charge in [0.2, 0.25) is 0 Å². The Labute approximate surface area is 103 Å². The molecule has 7 heteroatoms. The van der Waals surface area contributed by atoms with Crippen LogP contribution in [0.4, 0.5) is 0 Å². The zero-order valence-corrected chi connectivity index (χ0v) is 9.97. The highest BCUT2D eigenvalue weighted by atomic mass is 16.4. The highest BCUT2D eigenvalue weighted by Crippen LogP contribution is 2.04. The number of nitrogens with zero attached hydrogens (tertiary/aromatic N) is 1. The van der Waals surface area contributed by atoms with Crippen LogP contribution in [0.25, 0.3) is 0 Å². The molecule has 1 aromatic rings. The summed E-state index contributed by atoms with van der Waals surface area (Å²) in [6, 6.07) is 0. The Morgan fingerprint density at radius 1 is 1.56 bits per heavy atom. The summed E-state index contributed by atoms with van der Waals surface area (Å²) in [5.41, 5.74) is -0.247. The predicted molar refractivity (Wildman–Crippen MR) is 63.2 cm³/mol. The molecular formula is C11H15N3O4. The van der Waals surface area contributed by atoms with Crippen LogP contribution < -0.4 is 10.9 Å². The Bertz CT molecular complexity index is 463. The van der Waals surface area contributed by atoms with Crippen LogP contribution in [0.15, 0.2) is 17.2 Å². The van der Waals surface area contributed by atoms with E-state index < -0.39 is 17.8 Å². The van der Waals surface area contributed by atoms with Gasteiger partial charge in [0.15, 0.2) is 0 Å². The monoisotopic (exact) mass is 253 g/mol. The van der Waals surface area contributed by atoms with Crippen molar-refractivity contribution in [3.63, 3.8) is 0 Å². The summed E-state index contributed by atoms with van der Waals surface area (Å²) in [7, 11) is 0. The number of hydrogen-bond donors (Lipinski definition) is 3. The largest absolute Gasteiger partial charge is 0.481 e. The summed E-state index contributed by atoms with van der Waals surface area (Å²) in [5, 5.41) is 11.3. The molecule has 1 atom stereocenters. The number of carboxylic acids is 1. The van der Waals surface area contributed by atoms with Crippen LogP contribution in [0.3, 0.4) is 0 Å². The van der Waals surface area contributed by atoms with Crippen LogP contribution >= 0.6 is 0 Å². The van der Waals surface area contributed by atoms with Gasteiger partial charge in [0.05, 0.1) is 12.1 Å². The van der Waals surface area contributed by atoms with Crippen molar-refractivity contribution in [3.05, 3.63) is 28.4 Å². The number of aliphatic carboxylic acids is 1. The van der Waals surface area contributed by atoms with Gasteiger partial charge >= 0.3 is 5.97 Å². The van der Waals surface area contributed by atoms with Crippen molar-refractivity contribution in [2.24, 2.45) is 5.92 Å². The van der Waals surface area contributed by atoms with E-state index in [0.717, 1.165) is 6.20 Å². The molecule has 7 nitrogen and oxygen atoms in total. The van der Waals surface area contributed by atoms with Gasteiger partial charge in [0.25, 0.3) is 11.5 Å². The Hall–Kier alpha value is -2.18. The molecule has 0 saturated carbocycles. The summed E-state index contributed by atoms with van der Waals surface area (Å²) >= 11 is 0. The zero-order chi connectivity index (χ0) is 13.5. The van der Waals surface area contributed by atoms with Gasteiger partial charge in [-0.2, -0.15) is 0 Å². The van der Waals surface area contributed by atoms with Crippen LogP contribution in [0.1, 0.15) is 30.3 Å². The first kappa shape index (κ1) is 13.9. The van der Waals surface area contributed by atoms with Gasteiger partial charge in [-0.3, -0.25) is 14.4 Å². The van der Waals surface area contributed by atoms with E-state index in [1.165, 1.54) is 6.20 Å².